The predicted octanol–water partition coefficient (Wildman–Crippen LogP) is 1.84. The number of rotatable bonds is 4. The van der Waals surface area contributed by atoms with Gasteiger partial charge in [0.25, 0.3) is 0 Å². The average Bonchev–Trinajstić information content (AvgIpc) is 2.46. The van der Waals surface area contributed by atoms with Gasteiger partial charge in [0.15, 0.2) is 0 Å². The van der Waals surface area contributed by atoms with Crippen LogP contribution < -0.4 is 4.74 Å². The van der Waals surface area contributed by atoms with Crippen molar-refractivity contribution in [1.29, 1.82) is 0 Å². The molecular formula is C13H18ClNO4S. The number of hydrogen-bond acceptors (Lipinski definition) is 4. The Morgan fingerprint density at radius 3 is 2.85 bits per heavy atom. The van der Waals surface area contributed by atoms with Crippen LogP contribution >= 0.6 is 11.6 Å². The van der Waals surface area contributed by atoms with E-state index < -0.39 is 10.0 Å². The van der Waals surface area contributed by atoms with Gasteiger partial charge in [-0.2, -0.15) is 4.31 Å². The lowest BCUT2D eigenvalue weighted by atomic mass is 10.2. The standard InChI is InChI=1S/C13H18ClNO4S/c1-10-9-15(5-6-19-10)20(16,17)13-7-11(8-14)3-4-12(13)18-2/h3-4,7,10H,5-6,8-9H2,1-2H3. The second kappa shape index (κ2) is 6.30. The van der Waals surface area contributed by atoms with Crippen LogP contribution in [0.3, 0.4) is 0 Å². The molecule has 1 heterocycles. The van der Waals surface area contributed by atoms with Gasteiger partial charge in [0, 0.05) is 19.0 Å². The Balaban J connectivity index is 2.42. The molecule has 1 aromatic rings. The molecule has 1 saturated heterocycles. The molecule has 1 aromatic carbocycles. The van der Waals surface area contributed by atoms with Gasteiger partial charge >= 0.3 is 0 Å². The Hall–Kier alpha value is -0.820. The summed E-state index contributed by atoms with van der Waals surface area (Å²) in [5.74, 6) is 0.587. The first kappa shape index (κ1) is 15.6. The van der Waals surface area contributed by atoms with E-state index >= 15 is 0 Å². The van der Waals surface area contributed by atoms with Crippen LogP contribution in [0.1, 0.15) is 12.5 Å². The van der Waals surface area contributed by atoms with E-state index in [0.717, 1.165) is 5.56 Å². The molecule has 0 bridgehead atoms. The molecule has 0 saturated carbocycles. The van der Waals surface area contributed by atoms with E-state index in [0.29, 0.717) is 25.4 Å². The summed E-state index contributed by atoms with van der Waals surface area (Å²) in [6.45, 7) is 2.95. The fourth-order valence-corrected chi connectivity index (χ4v) is 4.02. The van der Waals surface area contributed by atoms with Crippen LogP contribution in [0, 0.1) is 0 Å². The zero-order valence-corrected chi connectivity index (χ0v) is 13.1. The summed E-state index contributed by atoms with van der Waals surface area (Å²) in [7, 11) is -2.15. The lowest BCUT2D eigenvalue weighted by Gasteiger charge is -2.30. The second-order valence-corrected chi connectivity index (χ2v) is 6.84. The van der Waals surface area contributed by atoms with Crippen LogP contribution in [0.4, 0.5) is 0 Å². The number of nitrogens with zero attached hydrogens (tertiary/aromatic N) is 1. The lowest BCUT2D eigenvalue weighted by Crippen LogP contribution is -2.44. The van der Waals surface area contributed by atoms with Crippen LogP contribution in [0.15, 0.2) is 23.1 Å². The molecule has 0 spiro atoms. The van der Waals surface area contributed by atoms with Gasteiger partial charge in [-0.05, 0) is 24.6 Å². The molecule has 5 nitrogen and oxygen atoms in total. The molecule has 0 radical (unpaired) electrons. The highest BCUT2D eigenvalue weighted by molar-refractivity contribution is 7.89. The zero-order valence-electron chi connectivity index (χ0n) is 11.5. The maximum atomic E-state index is 12.7. The van der Waals surface area contributed by atoms with Crippen LogP contribution in [-0.2, 0) is 20.6 Å². The number of hydrogen-bond donors (Lipinski definition) is 0. The maximum Gasteiger partial charge on any atom is 0.246 e. The first-order chi connectivity index (χ1) is 9.48. The predicted molar refractivity (Wildman–Crippen MR) is 76.7 cm³/mol. The molecule has 0 aliphatic carbocycles. The second-order valence-electron chi connectivity index (χ2n) is 4.66. The van der Waals surface area contributed by atoms with Crippen molar-refractivity contribution in [3.63, 3.8) is 0 Å². The van der Waals surface area contributed by atoms with E-state index in [1.54, 1.807) is 18.2 Å². The van der Waals surface area contributed by atoms with E-state index in [9.17, 15) is 8.42 Å². The number of methoxy groups -OCH3 is 1. The van der Waals surface area contributed by atoms with Gasteiger partial charge in [0.2, 0.25) is 10.0 Å². The minimum atomic E-state index is -3.60. The van der Waals surface area contributed by atoms with Gasteiger partial charge in [0.05, 0.1) is 19.8 Å². The van der Waals surface area contributed by atoms with E-state index in [1.165, 1.54) is 11.4 Å². The Bertz CT molecular complexity index is 576. The van der Waals surface area contributed by atoms with Crippen molar-refractivity contribution < 1.29 is 17.9 Å². The van der Waals surface area contributed by atoms with E-state index in [1.807, 2.05) is 6.92 Å². The summed E-state index contributed by atoms with van der Waals surface area (Å²) in [5, 5.41) is 0. The van der Waals surface area contributed by atoms with E-state index in [-0.39, 0.29) is 16.9 Å². The van der Waals surface area contributed by atoms with Crippen LogP contribution in [0.5, 0.6) is 5.75 Å². The SMILES string of the molecule is COc1ccc(CCl)cc1S(=O)(=O)N1CCOC(C)C1. The van der Waals surface area contributed by atoms with Crippen molar-refractivity contribution in [3.8, 4) is 5.75 Å². The summed E-state index contributed by atoms with van der Waals surface area (Å²) >= 11 is 5.78. The molecule has 20 heavy (non-hydrogen) atoms. The summed E-state index contributed by atoms with van der Waals surface area (Å²) < 4.78 is 37.4. The van der Waals surface area contributed by atoms with Crippen molar-refractivity contribution >= 4 is 21.6 Å². The third kappa shape index (κ3) is 3.09. The Kier molecular flexibility index (Phi) is 4.90. The van der Waals surface area contributed by atoms with Crippen molar-refractivity contribution in [2.45, 2.75) is 23.8 Å². The fraction of sp³-hybridized carbons (Fsp3) is 0.538. The van der Waals surface area contributed by atoms with Gasteiger partial charge in [-0.25, -0.2) is 8.42 Å². The summed E-state index contributed by atoms with van der Waals surface area (Å²) in [6.07, 6.45) is -0.110. The minimum absolute atomic E-state index is 0.110. The normalized spacial score (nSPS) is 20.9. The highest BCUT2D eigenvalue weighted by Gasteiger charge is 2.31. The molecule has 0 aromatic heterocycles. The molecule has 7 heteroatoms. The van der Waals surface area contributed by atoms with Gasteiger partial charge in [0.1, 0.15) is 10.6 Å². The van der Waals surface area contributed by atoms with Crippen LogP contribution in [-0.4, -0.2) is 45.6 Å². The monoisotopic (exact) mass is 319 g/mol. The van der Waals surface area contributed by atoms with Gasteiger partial charge in [-0.1, -0.05) is 6.07 Å². The lowest BCUT2D eigenvalue weighted by molar-refractivity contribution is 0.0101. The summed E-state index contributed by atoms with van der Waals surface area (Å²) in [6, 6.07) is 4.96. The first-order valence-electron chi connectivity index (χ1n) is 6.33. The molecule has 1 unspecified atom stereocenters. The Labute approximate surface area is 124 Å². The number of halogens is 1. The largest absolute Gasteiger partial charge is 0.495 e. The molecule has 0 amide bonds. The fourth-order valence-electron chi connectivity index (χ4n) is 2.15. The topological polar surface area (TPSA) is 55.8 Å². The smallest absolute Gasteiger partial charge is 0.246 e. The molecule has 2 rings (SSSR count). The maximum absolute atomic E-state index is 12.7. The minimum Gasteiger partial charge on any atom is -0.495 e. The van der Waals surface area contributed by atoms with Gasteiger partial charge < -0.3 is 9.47 Å². The molecule has 1 aliphatic heterocycles. The summed E-state index contributed by atoms with van der Waals surface area (Å²) in [5.41, 5.74) is 0.743. The molecule has 1 fully saturated rings. The molecule has 0 N–H and O–H groups in total. The van der Waals surface area contributed by atoms with Crippen LogP contribution in [0.25, 0.3) is 0 Å². The Morgan fingerprint density at radius 2 is 2.25 bits per heavy atom. The number of sulfonamides is 1. The Morgan fingerprint density at radius 1 is 1.50 bits per heavy atom. The number of benzene rings is 1. The molecule has 1 atom stereocenters. The quantitative estimate of drug-likeness (QED) is 0.795. The zero-order chi connectivity index (χ0) is 14.8. The summed E-state index contributed by atoms with van der Waals surface area (Å²) in [4.78, 5) is 0.159. The third-order valence-corrected chi connectivity index (χ3v) is 5.40. The number of ether oxygens (including phenoxy) is 2. The molecule has 112 valence electrons. The average molecular weight is 320 g/mol. The molecular weight excluding hydrogens is 302 g/mol. The third-order valence-electron chi connectivity index (χ3n) is 3.20. The molecule has 1 aliphatic rings. The van der Waals surface area contributed by atoms with E-state index in [2.05, 4.69) is 0 Å². The highest BCUT2D eigenvalue weighted by atomic mass is 35.5. The number of alkyl halides is 1. The van der Waals surface area contributed by atoms with Gasteiger partial charge in [-0.15, -0.1) is 11.6 Å². The van der Waals surface area contributed by atoms with E-state index in [4.69, 9.17) is 21.1 Å². The van der Waals surface area contributed by atoms with Crippen LogP contribution in [0.2, 0.25) is 0 Å². The van der Waals surface area contributed by atoms with Crippen molar-refractivity contribution in [1.82, 2.24) is 4.31 Å². The highest BCUT2D eigenvalue weighted by Crippen LogP contribution is 2.29. The van der Waals surface area contributed by atoms with Crippen molar-refractivity contribution in [2.75, 3.05) is 26.8 Å². The number of morpholine rings is 1. The van der Waals surface area contributed by atoms with Gasteiger partial charge in [-0.3, -0.25) is 0 Å². The first-order valence-corrected chi connectivity index (χ1v) is 8.31. The van der Waals surface area contributed by atoms with Crippen molar-refractivity contribution in [2.24, 2.45) is 0 Å². The van der Waals surface area contributed by atoms with Crippen molar-refractivity contribution in [3.05, 3.63) is 23.8 Å².